The maximum absolute atomic E-state index is 13.9. The number of halogens is 1. The molecule has 12 nitrogen and oxygen atoms in total. The molecule has 0 saturated carbocycles. The Bertz CT molecular complexity index is 1290. The normalized spacial score (nSPS) is 16.4. The smallest absolute Gasteiger partial charge is 0.408 e. The van der Waals surface area contributed by atoms with Gasteiger partial charge in [-0.2, -0.15) is 8.42 Å². The van der Waals surface area contributed by atoms with Crippen LogP contribution in [-0.4, -0.2) is 73.9 Å². The Balaban J connectivity index is 3.37. The number of hydrogen-bond donors (Lipinski definition) is 4. The summed E-state index contributed by atoms with van der Waals surface area (Å²) in [6, 6.07) is 4.62. The lowest BCUT2D eigenvalue weighted by atomic mass is 9.94. The first-order chi connectivity index (χ1) is 22.2. The fourth-order valence-electron chi connectivity index (χ4n) is 4.89. The fourth-order valence-corrected chi connectivity index (χ4v) is 5.59. The maximum Gasteiger partial charge on any atom is 0.408 e. The second-order valence-electron chi connectivity index (χ2n) is 13.9. The van der Waals surface area contributed by atoms with Crippen LogP contribution in [0.5, 0.6) is 0 Å². The molecular formula is C34H57FN4O8S. The van der Waals surface area contributed by atoms with Crippen LogP contribution in [0.15, 0.2) is 30.3 Å². The van der Waals surface area contributed by atoms with E-state index in [4.69, 9.17) is 9.47 Å². The molecule has 14 heteroatoms. The highest BCUT2D eigenvalue weighted by Crippen LogP contribution is 2.16. The zero-order valence-electron chi connectivity index (χ0n) is 30.1. The van der Waals surface area contributed by atoms with E-state index in [1.165, 1.54) is 0 Å². The number of nitrogens with one attached hydrogen (secondary N) is 4. The Morgan fingerprint density at radius 2 is 1.25 bits per heavy atom. The highest BCUT2D eigenvalue weighted by molar-refractivity contribution is 7.86. The number of rotatable bonds is 19. The van der Waals surface area contributed by atoms with Crippen molar-refractivity contribution < 1.29 is 41.0 Å². The third-order valence-electron chi connectivity index (χ3n) is 7.87. The molecule has 0 unspecified atom stereocenters. The Kier molecular flexibility index (Phi) is 17.5. The molecular weight excluding hydrogens is 643 g/mol. The first kappa shape index (κ1) is 42.8. The molecule has 0 aliphatic carbocycles. The predicted molar refractivity (Wildman–Crippen MR) is 183 cm³/mol. The van der Waals surface area contributed by atoms with Gasteiger partial charge in [-0.3, -0.25) is 14.4 Å². The molecule has 4 N–H and O–H groups in total. The molecule has 7 atom stereocenters. The van der Waals surface area contributed by atoms with Gasteiger partial charge >= 0.3 is 16.3 Å². The van der Waals surface area contributed by atoms with Crippen LogP contribution in [0.3, 0.4) is 0 Å². The van der Waals surface area contributed by atoms with Crippen molar-refractivity contribution in [2.75, 3.05) is 5.75 Å². The first-order valence-electron chi connectivity index (χ1n) is 16.7. The van der Waals surface area contributed by atoms with Crippen LogP contribution in [0.4, 0.5) is 8.68 Å². The Hall–Kier alpha value is -3.26. The minimum Gasteiger partial charge on any atom is -0.444 e. The molecule has 1 rings (SSSR count). The number of amides is 4. The summed E-state index contributed by atoms with van der Waals surface area (Å²) in [6.07, 6.45) is -0.514. The quantitative estimate of drug-likeness (QED) is 0.154. The van der Waals surface area contributed by atoms with E-state index in [1.807, 2.05) is 44.2 Å². The average molecular weight is 701 g/mol. The average Bonchev–Trinajstić information content (AvgIpc) is 2.97. The van der Waals surface area contributed by atoms with Crippen LogP contribution in [0, 0.1) is 17.8 Å². The highest BCUT2D eigenvalue weighted by Gasteiger charge is 2.37. The summed E-state index contributed by atoms with van der Waals surface area (Å²) in [4.78, 5) is 53.8. The van der Waals surface area contributed by atoms with E-state index in [-0.39, 0.29) is 24.9 Å². The largest absolute Gasteiger partial charge is 0.444 e. The van der Waals surface area contributed by atoms with Crippen LogP contribution in [0.2, 0.25) is 0 Å². The fraction of sp³-hybridized carbons (Fsp3) is 0.706. The van der Waals surface area contributed by atoms with Gasteiger partial charge in [0.15, 0.2) is 0 Å². The van der Waals surface area contributed by atoms with Gasteiger partial charge in [-0.05, 0) is 57.4 Å². The van der Waals surface area contributed by atoms with Gasteiger partial charge in [0.2, 0.25) is 17.7 Å². The number of carbonyl (C=O) groups excluding carboxylic acids is 4. The molecule has 274 valence electrons. The summed E-state index contributed by atoms with van der Waals surface area (Å²) >= 11 is 0. The molecule has 0 saturated heterocycles. The van der Waals surface area contributed by atoms with E-state index in [9.17, 15) is 31.5 Å². The molecule has 0 aliphatic rings. The van der Waals surface area contributed by atoms with Crippen molar-refractivity contribution in [3.8, 4) is 0 Å². The van der Waals surface area contributed by atoms with Crippen molar-refractivity contribution >= 4 is 34.0 Å². The molecule has 0 spiro atoms. The van der Waals surface area contributed by atoms with Gasteiger partial charge in [0.1, 0.15) is 29.5 Å². The lowest BCUT2D eigenvalue weighted by Crippen LogP contribution is -2.62. The zero-order chi connectivity index (χ0) is 36.8. The summed E-state index contributed by atoms with van der Waals surface area (Å²) < 4.78 is 48.1. The van der Waals surface area contributed by atoms with Gasteiger partial charge in [0.05, 0.1) is 12.7 Å². The zero-order valence-corrected chi connectivity index (χ0v) is 30.9. The van der Waals surface area contributed by atoms with Gasteiger partial charge in [-0.25, -0.2) is 4.79 Å². The van der Waals surface area contributed by atoms with Gasteiger partial charge < -0.3 is 30.7 Å². The Morgan fingerprint density at radius 3 is 1.71 bits per heavy atom. The summed E-state index contributed by atoms with van der Waals surface area (Å²) in [7, 11) is -4.93. The number of alkyl carbamates (subject to hydrolysis) is 1. The first-order valence-corrected chi connectivity index (χ1v) is 18.2. The molecule has 0 heterocycles. The maximum atomic E-state index is 13.9. The van der Waals surface area contributed by atoms with Crippen molar-refractivity contribution in [2.24, 2.45) is 17.8 Å². The van der Waals surface area contributed by atoms with Crippen molar-refractivity contribution in [3.63, 3.8) is 0 Å². The monoisotopic (exact) mass is 700 g/mol. The van der Waals surface area contributed by atoms with Gasteiger partial charge in [0, 0.05) is 6.04 Å². The topological polar surface area (TPSA) is 169 Å². The Morgan fingerprint density at radius 1 is 0.771 bits per heavy atom. The number of benzene rings is 1. The molecule has 48 heavy (non-hydrogen) atoms. The van der Waals surface area contributed by atoms with Crippen LogP contribution in [0.1, 0.15) is 94.1 Å². The van der Waals surface area contributed by atoms with Crippen LogP contribution >= 0.6 is 0 Å². The van der Waals surface area contributed by atoms with Crippen molar-refractivity contribution in [1.82, 2.24) is 21.3 Å². The standard InChI is InChI=1S/C34H57FN4O8S/c1-11-22(5)27(37-31(41)28(23(6)12-2)39-33(43)47-34(8,9)10)30(40)38-29(24(7)46-19-25-16-14-13-15-17-25)32(42)36-26(18-21(3)4)20-48(35,44)45/h13-17,21-24,26-29H,11-12,18-20H2,1-10H3,(H,36,42)(H,37,41)(H,38,40)(H,39,43)/t22-,23-,24+,26-,27-,28-,29-/m0/s1. The third kappa shape index (κ3) is 16.2. The third-order valence-corrected chi connectivity index (χ3v) is 8.67. The van der Waals surface area contributed by atoms with Crippen LogP contribution < -0.4 is 21.3 Å². The van der Waals surface area contributed by atoms with Crippen molar-refractivity contribution in [2.45, 2.75) is 131 Å². The van der Waals surface area contributed by atoms with E-state index in [1.54, 1.807) is 55.4 Å². The van der Waals surface area contributed by atoms with Crippen molar-refractivity contribution in [3.05, 3.63) is 35.9 Å². The number of ether oxygens (including phenoxy) is 2. The van der Waals surface area contributed by atoms with Gasteiger partial charge in [-0.1, -0.05) is 84.7 Å². The van der Waals surface area contributed by atoms with E-state index in [2.05, 4.69) is 21.3 Å². The minimum atomic E-state index is -4.93. The Labute approximate surface area is 286 Å². The number of hydrogen-bond acceptors (Lipinski definition) is 8. The van der Waals surface area contributed by atoms with Gasteiger partial charge in [-0.15, -0.1) is 3.89 Å². The van der Waals surface area contributed by atoms with E-state index >= 15 is 0 Å². The molecule has 4 amide bonds. The molecule has 0 fully saturated rings. The van der Waals surface area contributed by atoms with Crippen molar-refractivity contribution in [1.29, 1.82) is 0 Å². The summed E-state index contributed by atoms with van der Waals surface area (Å²) in [6.45, 7) is 17.7. The summed E-state index contributed by atoms with van der Waals surface area (Å²) in [5.74, 6) is -3.77. The summed E-state index contributed by atoms with van der Waals surface area (Å²) in [5, 5.41) is 10.7. The molecule has 1 aromatic rings. The second kappa shape index (κ2) is 19.7. The summed E-state index contributed by atoms with van der Waals surface area (Å²) in [5.41, 5.74) is 0.0197. The highest BCUT2D eigenvalue weighted by atomic mass is 32.3. The van der Waals surface area contributed by atoms with Crippen LogP contribution in [-0.2, 0) is 40.7 Å². The molecule has 0 aliphatic heterocycles. The predicted octanol–water partition coefficient (Wildman–Crippen LogP) is 4.38. The van der Waals surface area contributed by atoms with E-state index < -0.39 is 81.6 Å². The molecule has 0 radical (unpaired) electrons. The molecule has 1 aromatic carbocycles. The lowest BCUT2D eigenvalue weighted by molar-refractivity contribution is -0.136. The van der Waals surface area contributed by atoms with Crippen LogP contribution in [0.25, 0.3) is 0 Å². The molecule has 0 aromatic heterocycles. The molecule has 0 bridgehead atoms. The van der Waals surface area contributed by atoms with E-state index in [0.717, 1.165) is 5.56 Å². The lowest BCUT2D eigenvalue weighted by Gasteiger charge is -2.32. The van der Waals surface area contributed by atoms with Gasteiger partial charge in [0.25, 0.3) is 0 Å². The SMILES string of the molecule is CC[C@H](C)[C@H](NC(=O)OC(C)(C)C)C(=O)N[C@H](C(=O)N[C@H](C(=O)N[C@@H](CC(C)C)CS(=O)(=O)F)[C@@H](C)OCc1ccccc1)[C@@H](C)CC. The second-order valence-corrected chi connectivity index (χ2v) is 15.3. The number of carbonyl (C=O) groups is 4. The minimum absolute atomic E-state index is 0.0745. The van der Waals surface area contributed by atoms with E-state index in [0.29, 0.717) is 12.8 Å².